The standard InChI is InChI=1S/C19H18F3N5O3S/c1-11(17(29)24-13-6-3-2-5-12(13)19(20,21)22)31-18-26-25-16(14-7-4-10-30-14)27(18)9-8-15(23)28/h2-7,10-11H,8-9H2,1H3,(H2,23,28)(H,24,29). The number of halogens is 3. The highest BCUT2D eigenvalue weighted by molar-refractivity contribution is 8.00. The number of primary amides is 1. The third-order valence-electron chi connectivity index (χ3n) is 4.18. The number of carbonyl (C=O) groups excluding carboxylic acids is 2. The number of thioether (sulfide) groups is 1. The van der Waals surface area contributed by atoms with Gasteiger partial charge < -0.3 is 15.5 Å². The van der Waals surface area contributed by atoms with E-state index in [1.54, 1.807) is 16.7 Å². The van der Waals surface area contributed by atoms with E-state index in [2.05, 4.69) is 15.5 Å². The minimum Gasteiger partial charge on any atom is -0.461 e. The Balaban J connectivity index is 1.79. The summed E-state index contributed by atoms with van der Waals surface area (Å²) in [7, 11) is 0. The van der Waals surface area contributed by atoms with Gasteiger partial charge in [-0.1, -0.05) is 23.9 Å². The van der Waals surface area contributed by atoms with Crippen LogP contribution in [0.2, 0.25) is 0 Å². The molecule has 0 radical (unpaired) electrons. The van der Waals surface area contributed by atoms with Crippen LogP contribution in [0.15, 0.2) is 52.2 Å². The Labute approximate surface area is 179 Å². The Kier molecular flexibility index (Phi) is 6.68. The second kappa shape index (κ2) is 9.25. The zero-order valence-electron chi connectivity index (χ0n) is 16.2. The predicted molar refractivity (Wildman–Crippen MR) is 107 cm³/mol. The summed E-state index contributed by atoms with van der Waals surface area (Å²) in [5.41, 5.74) is 3.96. The van der Waals surface area contributed by atoms with Gasteiger partial charge >= 0.3 is 6.18 Å². The van der Waals surface area contributed by atoms with Crippen LogP contribution in [0.3, 0.4) is 0 Å². The Hall–Kier alpha value is -3.28. The van der Waals surface area contributed by atoms with Crippen molar-refractivity contribution in [3.8, 4) is 11.6 Å². The lowest BCUT2D eigenvalue weighted by Gasteiger charge is -2.16. The summed E-state index contributed by atoms with van der Waals surface area (Å²) in [5.74, 6) is -0.445. The number of para-hydroxylation sites is 1. The van der Waals surface area contributed by atoms with Crippen LogP contribution >= 0.6 is 11.8 Å². The third-order valence-corrected chi connectivity index (χ3v) is 5.26. The summed E-state index contributed by atoms with van der Waals surface area (Å²) >= 11 is 0.983. The van der Waals surface area contributed by atoms with Crippen molar-refractivity contribution in [3.63, 3.8) is 0 Å². The topological polar surface area (TPSA) is 116 Å². The van der Waals surface area contributed by atoms with Gasteiger partial charge in [0.15, 0.2) is 16.7 Å². The number of nitrogens with one attached hydrogen (secondary N) is 1. The van der Waals surface area contributed by atoms with Crippen molar-refractivity contribution in [3.05, 3.63) is 48.2 Å². The van der Waals surface area contributed by atoms with E-state index in [-0.39, 0.29) is 18.7 Å². The Morgan fingerprint density at radius 1 is 1.23 bits per heavy atom. The number of amides is 2. The number of rotatable bonds is 8. The third kappa shape index (κ3) is 5.45. The number of benzene rings is 1. The molecule has 2 amide bonds. The summed E-state index contributed by atoms with van der Waals surface area (Å²) in [6.45, 7) is 1.67. The van der Waals surface area contributed by atoms with Gasteiger partial charge in [-0.2, -0.15) is 13.2 Å². The second-order valence-electron chi connectivity index (χ2n) is 6.44. The maximum absolute atomic E-state index is 13.2. The zero-order valence-corrected chi connectivity index (χ0v) is 17.0. The molecule has 164 valence electrons. The molecule has 2 aromatic heterocycles. The van der Waals surface area contributed by atoms with Crippen molar-refractivity contribution >= 4 is 29.3 Å². The number of alkyl halides is 3. The van der Waals surface area contributed by atoms with Crippen LogP contribution in [-0.2, 0) is 22.3 Å². The van der Waals surface area contributed by atoms with Crippen molar-refractivity contribution in [2.75, 3.05) is 5.32 Å². The van der Waals surface area contributed by atoms with Gasteiger partial charge in [0.25, 0.3) is 0 Å². The Bertz CT molecular complexity index is 1070. The SMILES string of the molecule is CC(Sc1nnc(-c2ccco2)n1CCC(N)=O)C(=O)Nc1ccccc1C(F)(F)F. The molecule has 2 heterocycles. The molecule has 0 fully saturated rings. The van der Waals surface area contributed by atoms with E-state index in [0.29, 0.717) is 16.7 Å². The van der Waals surface area contributed by atoms with Gasteiger partial charge in [-0.05, 0) is 31.2 Å². The number of nitrogens with two attached hydrogens (primary N) is 1. The highest BCUT2D eigenvalue weighted by atomic mass is 32.2. The molecule has 1 aromatic carbocycles. The average Bonchev–Trinajstić information content (AvgIpc) is 3.35. The fourth-order valence-electron chi connectivity index (χ4n) is 2.67. The summed E-state index contributed by atoms with van der Waals surface area (Å²) in [6.07, 6.45) is -3.16. The smallest absolute Gasteiger partial charge is 0.418 e. The Morgan fingerprint density at radius 2 is 1.97 bits per heavy atom. The van der Waals surface area contributed by atoms with Gasteiger partial charge in [-0.25, -0.2) is 0 Å². The summed E-state index contributed by atoms with van der Waals surface area (Å²) in [5, 5.41) is 9.87. The number of nitrogens with zero attached hydrogens (tertiary/aromatic N) is 3. The minimum absolute atomic E-state index is 0.00115. The summed E-state index contributed by atoms with van der Waals surface area (Å²) in [4.78, 5) is 23.8. The van der Waals surface area contributed by atoms with E-state index in [9.17, 15) is 22.8 Å². The number of anilines is 1. The molecule has 0 aliphatic heterocycles. The molecule has 0 aliphatic carbocycles. The summed E-state index contributed by atoms with van der Waals surface area (Å²) in [6, 6.07) is 8.03. The van der Waals surface area contributed by atoms with Gasteiger partial charge in [-0.3, -0.25) is 14.2 Å². The van der Waals surface area contributed by atoms with Crippen molar-refractivity contribution in [1.82, 2.24) is 14.8 Å². The number of carbonyl (C=O) groups is 2. The van der Waals surface area contributed by atoms with Gasteiger partial charge in [0.1, 0.15) is 0 Å². The molecule has 0 bridgehead atoms. The normalized spacial score (nSPS) is 12.5. The van der Waals surface area contributed by atoms with Crippen LogP contribution in [0.4, 0.5) is 18.9 Å². The number of furan rings is 1. The molecule has 0 aliphatic rings. The molecule has 0 spiro atoms. The summed E-state index contributed by atoms with van der Waals surface area (Å²) < 4.78 is 46.4. The van der Waals surface area contributed by atoms with Crippen molar-refractivity contribution in [2.45, 2.75) is 36.5 Å². The lowest BCUT2D eigenvalue weighted by Crippen LogP contribution is -2.25. The fourth-order valence-corrected chi connectivity index (χ4v) is 3.55. The first kappa shape index (κ1) is 22.4. The number of hydrogen-bond donors (Lipinski definition) is 2. The molecule has 3 N–H and O–H groups in total. The predicted octanol–water partition coefficient (Wildman–Crippen LogP) is 3.55. The fraction of sp³-hybridized carbons (Fsp3) is 0.263. The van der Waals surface area contributed by atoms with Gasteiger partial charge in [0.2, 0.25) is 11.8 Å². The van der Waals surface area contributed by atoms with E-state index >= 15 is 0 Å². The lowest BCUT2D eigenvalue weighted by atomic mass is 10.1. The van der Waals surface area contributed by atoms with E-state index in [0.717, 1.165) is 17.8 Å². The molecule has 0 saturated carbocycles. The van der Waals surface area contributed by atoms with Crippen LogP contribution in [-0.4, -0.2) is 31.8 Å². The van der Waals surface area contributed by atoms with Crippen molar-refractivity contribution < 1.29 is 27.2 Å². The number of hydrogen-bond acceptors (Lipinski definition) is 6. The molecule has 0 saturated heterocycles. The first-order chi connectivity index (χ1) is 14.7. The van der Waals surface area contributed by atoms with E-state index < -0.39 is 28.8 Å². The monoisotopic (exact) mass is 453 g/mol. The largest absolute Gasteiger partial charge is 0.461 e. The molecule has 1 unspecified atom stereocenters. The highest BCUT2D eigenvalue weighted by Crippen LogP contribution is 2.35. The van der Waals surface area contributed by atoms with Crippen molar-refractivity contribution in [2.24, 2.45) is 5.73 Å². The van der Waals surface area contributed by atoms with E-state index in [4.69, 9.17) is 10.2 Å². The van der Waals surface area contributed by atoms with E-state index in [1.165, 1.54) is 31.4 Å². The molecular formula is C19H18F3N5O3S. The molecule has 12 heteroatoms. The average molecular weight is 453 g/mol. The van der Waals surface area contributed by atoms with Crippen LogP contribution in [0.25, 0.3) is 11.6 Å². The molecule has 3 rings (SSSR count). The van der Waals surface area contributed by atoms with Gasteiger partial charge in [-0.15, -0.1) is 10.2 Å². The molecule has 1 atom stereocenters. The first-order valence-corrected chi connectivity index (χ1v) is 9.94. The number of aromatic nitrogens is 3. The first-order valence-electron chi connectivity index (χ1n) is 9.06. The van der Waals surface area contributed by atoms with Crippen LogP contribution in [0, 0.1) is 0 Å². The second-order valence-corrected chi connectivity index (χ2v) is 7.75. The van der Waals surface area contributed by atoms with Crippen LogP contribution < -0.4 is 11.1 Å². The minimum atomic E-state index is -4.60. The van der Waals surface area contributed by atoms with Crippen molar-refractivity contribution in [1.29, 1.82) is 0 Å². The highest BCUT2D eigenvalue weighted by Gasteiger charge is 2.34. The lowest BCUT2D eigenvalue weighted by molar-refractivity contribution is -0.137. The quantitative estimate of drug-likeness (QED) is 0.504. The van der Waals surface area contributed by atoms with Gasteiger partial charge in [0.05, 0.1) is 22.8 Å². The van der Waals surface area contributed by atoms with Crippen LogP contribution in [0.5, 0.6) is 0 Å². The Morgan fingerprint density at radius 3 is 2.61 bits per heavy atom. The zero-order chi connectivity index (χ0) is 22.6. The molecular weight excluding hydrogens is 435 g/mol. The molecule has 31 heavy (non-hydrogen) atoms. The van der Waals surface area contributed by atoms with Gasteiger partial charge in [0, 0.05) is 13.0 Å². The maximum Gasteiger partial charge on any atom is 0.418 e. The molecule has 8 nitrogen and oxygen atoms in total. The van der Waals surface area contributed by atoms with Crippen LogP contribution in [0.1, 0.15) is 18.9 Å². The molecule has 3 aromatic rings. The van der Waals surface area contributed by atoms with E-state index in [1.807, 2.05) is 0 Å². The maximum atomic E-state index is 13.2.